The monoisotopic (exact) mass is 202 g/mol. The maximum Gasteiger partial charge on any atom is 0.233 e. The maximum atomic E-state index is 11.5. The van der Waals surface area contributed by atoms with E-state index in [0.29, 0.717) is 5.75 Å². The summed E-state index contributed by atoms with van der Waals surface area (Å²) < 4.78 is 5.05. The Labute approximate surface area is 87.5 Å². The predicted octanol–water partition coefficient (Wildman–Crippen LogP) is 1.64. The Morgan fingerprint density at radius 1 is 1.60 bits per heavy atom. The molecule has 4 heteroatoms. The van der Waals surface area contributed by atoms with Crippen molar-refractivity contribution in [3.63, 3.8) is 0 Å². The maximum absolute atomic E-state index is 11.5. The number of nitrogens with zero attached hydrogens (tertiary/aromatic N) is 1. The number of hydrogen-bond donors (Lipinski definition) is 1. The van der Waals surface area contributed by atoms with Gasteiger partial charge in [0.2, 0.25) is 5.91 Å². The van der Waals surface area contributed by atoms with Crippen molar-refractivity contribution in [3.8, 4) is 11.8 Å². The second-order valence-corrected chi connectivity index (χ2v) is 3.36. The Morgan fingerprint density at radius 2 is 2.40 bits per heavy atom. The van der Waals surface area contributed by atoms with E-state index in [1.807, 2.05) is 12.1 Å². The fourth-order valence-corrected chi connectivity index (χ4v) is 1.73. The molecule has 1 aromatic rings. The molecule has 1 atom stereocenters. The highest BCUT2D eigenvalue weighted by molar-refractivity contribution is 6.03. The first-order valence-electron chi connectivity index (χ1n) is 4.62. The molecule has 1 aliphatic heterocycles. The number of anilines is 1. The highest BCUT2D eigenvalue weighted by Crippen LogP contribution is 2.36. The predicted molar refractivity (Wildman–Crippen MR) is 54.6 cm³/mol. The van der Waals surface area contributed by atoms with Crippen LogP contribution >= 0.6 is 0 Å². The van der Waals surface area contributed by atoms with Gasteiger partial charge in [-0.05, 0) is 11.6 Å². The van der Waals surface area contributed by atoms with Crippen LogP contribution in [0.2, 0.25) is 0 Å². The molecule has 1 N–H and O–H groups in total. The third-order valence-electron chi connectivity index (χ3n) is 2.51. The Morgan fingerprint density at radius 3 is 3.07 bits per heavy atom. The van der Waals surface area contributed by atoms with Gasteiger partial charge >= 0.3 is 0 Å². The fourth-order valence-electron chi connectivity index (χ4n) is 1.73. The zero-order chi connectivity index (χ0) is 10.8. The number of nitriles is 1. The zero-order valence-electron chi connectivity index (χ0n) is 8.28. The Bertz CT molecular complexity index is 448. The van der Waals surface area contributed by atoms with Crippen molar-refractivity contribution in [2.45, 2.75) is 12.3 Å². The summed E-state index contributed by atoms with van der Waals surface area (Å²) in [6.07, 6.45) is 0.213. The van der Waals surface area contributed by atoms with Gasteiger partial charge in [0.15, 0.2) is 0 Å². The third kappa shape index (κ3) is 1.52. The number of nitrogens with one attached hydrogen (secondary N) is 1. The molecular weight excluding hydrogens is 192 g/mol. The van der Waals surface area contributed by atoms with Crippen LogP contribution in [0.5, 0.6) is 5.75 Å². The number of carbonyl (C=O) groups excluding carboxylic acids is 1. The topological polar surface area (TPSA) is 62.1 Å². The van der Waals surface area contributed by atoms with Crippen LogP contribution in [0.3, 0.4) is 0 Å². The van der Waals surface area contributed by atoms with Crippen molar-refractivity contribution in [1.82, 2.24) is 0 Å². The molecular formula is C11H10N2O2. The molecule has 1 unspecified atom stereocenters. The second-order valence-electron chi connectivity index (χ2n) is 3.36. The molecule has 0 saturated carbocycles. The van der Waals surface area contributed by atoms with Gasteiger partial charge in [-0.2, -0.15) is 5.26 Å². The van der Waals surface area contributed by atoms with Crippen LogP contribution in [0.1, 0.15) is 17.9 Å². The van der Waals surface area contributed by atoms with Crippen molar-refractivity contribution in [2.75, 3.05) is 12.4 Å². The average Bonchev–Trinajstić information content (AvgIpc) is 2.55. The molecule has 4 nitrogen and oxygen atoms in total. The number of methoxy groups -OCH3 is 1. The van der Waals surface area contributed by atoms with Crippen LogP contribution in [0, 0.1) is 11.3 Å². The lowest BCUT2D eigenvalue weighted by atomic mass is 9.98. The minimum absolute atomic E-state index is 0.111. The lowest BCUT2D eigenvalue weighted by Gasteiger charge is -2.04. The van der Waals surface area contributed by atoms with Gasteiger partial charge in [0, 0.05) is 11.8 Å². The van der Waals surface area contributed by atoms with E-state index in [-0.39, 0.29) is 18.2 Å². The van der Waals surface area contributed by atoms with E-state index in [2.05, 4.69) is 5.32 Å². The van der Waals surface area contributed by atoms with E-state index in [4.69, 9.17) is 10.00 Å². The normalized spacial score (nSPS) is 17.9. The highest BCUT2D eigenvalue weighted by Gasteiger charge is 2.30. The van der Waals surface area contributed by atoms with Crippen LogP contribution in [0.25, 0.3) is 0 Å². The van der Waals surface area contributed by atoms with Crippen LogP contribution in [-0.4, -0.2) is 13.0 Å². The molecule has 1 heterocycles. The summed E-state index contributed by atoms with van der Waals surface area (Å²) in [5.41, 5.74) is 1.63. The molecule has 0 bridgehead atoms. The number of rotatable bonds is 2. The Hall–Kier alpha value is -2.02. The third-order valence-corrected chi connectivity index (χ3v) is 2.51. The van der Waals surface area contributed by atoms with Crippen molar-refractivity contribution in [3.05, 3.63) is 23.8 Å². The molecule has 0 aliphatic carbocycles. The Balaban J connectivity index is 2.39. The van der Waals surface area contributed by atoms with E-state index >= 15 is 0 Å². The summed E-state index contributed by atoms with van der Waals surface area (Å²) in [6.45, 7) is 0. The fraction of sp³-hybridized carbons (Fsp3) is 0.273. The van der Waals surface area contributed by atoms with Gasteiger partial charge in [-0.3, -0.25) is 4.79 Å². The summed E-state index contributed by atoms with van der Waals surface area (Å²) in [5, 5.41) is 11.4. The van der Waals surface area contributed by atoms with Gasteiger partial charge in [0.25, 0.3) is 0 Å². The first-order chi connectivity index (χ1) is 7.26. The first kappa shape index (κ1) is 9.53. The van der Waals surface area contributed by atoms with E-state index < -0.39 is 0 Å². The van der Waals surface area contributed by atoms with Gasteiger partial charge in [0.1, 0.15) is 5.75 Å². The molecule has 1 aliphatic rings. The quantitative estimate of drug-likeness (QED) is 0.793. The molecule has 0 fully saturated rings. The van der Waals surface area contributed by atoms with Gasteiger partial charge < -0.3 is 10.1 Å². The lowest BCUT2D eigenvalue weighted by molar-refractivity contribution is -0.116. The van der Waals surface area contributed by atoms with E-state index in [1.54, 1.807) is 19.2 Å². The summed E-state index contributed by atoms with van der Waals surface area (Å²) >= 11 is 0. The molecule has 0 aromatic heterocycles. The molecule has 76 valence electrons. The standard InChI is InChI=1S/C11H10N2O2/c1-15-7-2-3-8-9(4-5-12)11(14)13-10(8)6-7/h2-3,6,9H,4H2,1H3,(H,13,14). The molecule has 0 saturated heterocycles. The minimum atomic E-state index is -0.337. The van der Waals surface area contributed by atoms with Crippen molar-refractivity contribution in [2.24, 2.45) is 0 Å². The number of carbonyl (C=O) groups is 1. The van der Waals surface area contributed by atoms with Crippen LogP contribution in [0.4, 0.5) is 5.69 Å². The largest absolute Gasteiger partial charge is 0.497 e. The number of amides is 1. The minimum Gasteiger partial charge on any atom is -0.497 e. The molecule has 2 rings (SSSR count). The highest BCUT2D eigenvalue weighted by atomic mass is 16.5. The Kier molecular flexibility index (Phi) is 2.30. The van der Waals surface area contributed by atoms with E-state index in [9.17, 15) is 4.79 Å². The number of benzene rings is 1. The zero-order valence-corrected chi connectivity index (χ0v) is 8.28. The first-order valence-corrected chi connectivity index (χ1v) is 4.62. The van der Waals surface area contributed by atoms with Crippen LogP contribution in [-0.2, 0) is 4.79 Å². The second kappa shape index (κ2) is 3.62. The summed E-state index contributed by atoms with van der Waals surface area (Å²) in [7, 11) is 1.57. The van der Waals surface area contributed by atoms with Gasteiger partial charge in [-0.15, -0.1) is 0 Å². The SMILES string of the molecule is COc1ccc2c(c1)NC(=O)C2CC#N. The molecule has 15 heavy (non-hydrogen) atoms. The summed E-state index contributed by atoms with van der Waals surface area (Å²) in [6, 6.07) is 7.41. The summed E-state index contributed by atoms with van der Waals surface area (Å²) in [4.78, 5) is 11.5. The van der Waals surface area contributed by atoms with Crippen molar-refractivity contribution in [1.29, 1.82) is 5.26 Å². The van der Waals surface area contributed by atoms with Gasteiger partial charge in [-0.25, -0.2) is 0 Å². The molecule has 1 amide bonds. The van der Waals surface area contributed by atoms with Crippen molar-refractivity contribution < 1.29 is 9.53 Å². The van der Waals surface area contributed by atoms with Gasteiger partial charge in [0.05, 0.1) is 25.5 Å². The number of fused-ring (bicyclic) bond motifs is 1. The van der Waals surface area contributed by atoms with E-state index in [0.717, 1.165) is 11.3 Å². The van der Waals surface area contributed by atoms with Crippen molar-refractivity contribution >= 4 is 11.6 Å². The lowest BCUT2D eigenvalue weighted by Crippen LogP contribution is -2.11. The summed E-state index contributed by atoms with van der Waals surface area (Å²) in [5.74, 6) is 0.252. The molecule has 1 aromatic carbocycles. The molecule has 0 spiro atoms. The van der Waals surface area contributed by atoms with Gasteiger partial charge in [-0.1, -0.05) is 6.07 Å². The van der Waals surface area contributed by atoms with Crippen LogP contribution < -0.4 is 10.1 Å². The smallest absolute Gasteiger partial charge is 0.233 e. The average molecular weight is 202 g/mol. The van der Waals surface area contributed by atoms with E-state index in [1.165, 1.54) is 0 Å². The number of hydrogen-bond acceptors (Lipinski definition) is 3. The number of ether oxygens (including phenoxy) is 1. The van der Waals surface area contributed by atoms with Crippen LogP contribution in [0.15, 0.2) is 18.2 Å². The molecule has 0 radical (unpaired) electrons.